The average molecular weight is 345 g/mol. The zero-order valence-electron chi connectivity index (χ0n) is 11.6. The molecule has 1 aromatic heterocycles. The summed E-state index contributed by atoms with van der Waals surface area (Å²) in [6.07, 6.45) is 0.975. The van der Waals surface area contributed by atoms with Gasteiger partial charge in [0, 0.05) is 11.4 Å². The van der Waals surface area contributed by atoms with E-state index in [1.165, 1.54) is 18.9 Å². The first-order valence-corrected chi connectivity index (χ1v) is 7.86. The molecular weight excluding hydrogens is 331 g/mol. The predicted molar refractivity (Wildman–Crippen MR) is 85.7 cm³/mol. The van der Waals surface area contributed by atoms with Crippen molar-refractivity contribution in [2.45, 2.75) is 23.4 Å². The van der Waals surface area contributed by atoms with E-state index in [2.05, 4.69) is 27.2 Å². The Kier molecular flexibility index (Phi) is 5.90. The summed E-state index contributed by atoms with van der Waals surface area (Å²) in [6, 6.07) is 5.63. The Morgan fingerprint density at radius 2 is 2.00 bits per heavy atom. The van der Waals surface area contributed by atoms with Gasteiger partial charge in [0.2, 0.25) is 11.1 Å². The van der Waals surface area contributed by atoms with E-state index in [1.54, 1.807) is 12.1 Å². The van der Waals surface area contributed by atoms with Gasteiger partial charge in [0.1, 0.15) is 0 Å². The molecule has 0 amide bonds. The van der Waals surface area contributed by atoms with Crippen LogP contribution in [0.2, 0.25) is 10.0 Å². The van der Waals surface area contributed by atoms with E-state index < -0.39 is 0 Å². The summed E-state index contributed by atoms with van der Waals surface area (Å²) < 4.78 is 5.09. The normalized spacial score (nSPS) is 10.5. The molecule has 0 aliphatic rings. The Bertz CT molecular complexity index is 627. The van der Waals surface area contributed by atoms with E-state index in [9.17, 15) is 0 Å². The maximum atomic E-state index is 6.00. The van der Waals surface area contributed by atoms with Crippen LogP contribution in [0.5, 0.6) is 6.01 Å². The van der Waals surface area contributed by atoms with Gasteiger partial charge in [-0.2, -0.15) is 15.0 Å². The second kappa shape index (κ2) is 7.68. The van der Waals surface area contributed by atoms with Crippen molar-refractivity contribution in [3.63, 3.8) is 0 Å². The summed E-state index contributed by atoms with van der Waals surface area (Å²) in [5, 5.41) is 4.65. The molecule has 2 rings (SSSR count). The van der Waals surface area contributed by atoms with Crippen molar-refractivity contribution in [2.75, 3.05) is 19.0 Å². The van der Waals surface area contributed by atoms with Crippen LogP contribution in [0.3, 0.4) is 0 Å². The van der Waals surface area contributed by atoms with Crippen LogP contribution in [0.4, 0.5) is 5.95 Å². The topological polar surface area (TPSA) is 59.9 Å². The fourth-order valence-electron chi connectivity index (χ4n) is 1.44. The van der Waals surface area contributed by atoms with Crippen LogP contribution in [-0.2, 0) is 0 Å². The molecule has 0 spiro atoms. The van der Waals surface area contributed by atoms with Crippen molar-refractivity contribution in [1.82, 2.24) is 15.0 Å². The number of benzene rings is 1. The molecule has 8 heteroatoms. The summed E-state index contributed by atoms with van der Waals surface area (Å²) in [6.45, 7) is 2.85. The Morgan fingerprint density at radius 1 is 1.19 bits per heavy atom. The average Bonchev–Trinajstić information content (AvgIpc) is 2.48. The number of methoxy groups -OCH3 is 1. The monoisotopic (exact) mass is 344 g/mol. The van der Waals surface area contributed by atoms with E-state index in [0.29, 0.717) is 21.2 Å². The first-order chi connectivity index (χ1) is 10.1. The number of anilines is 1. The summed E-state index contributed by atoms with van der Waals surface area (Å²) in [5.74, 6) is 0.492. The number of ether oxygens (including phenoxy) is 1. The highest BCUT2D eigenvalue weighted by Gasteiger charge is 2.09. The minimum atomic E-state index is 0.270. The lowest BCUT2D eigenvalue weighted by Crippen LogP contribution is -2.07. The summed E-state index contributed by atoms with van der Waals surface area (Å²) in [5.41, 5.74) is 0. The van der Waals surface area contributed by atoms with Crippen molar-refractivity contribution < 1.29 is 4.74 Å². The molecule has 2 aromatic rings. The van der Waals surface area contributed by atoms with Gasteiger partial charge >= 0.3 is 6.01 Å². The first-order valence-electron chi connectivity index (χ1n) is 6.29. The van der Waals surface area contributed by atoms with E-state index in [0.717, 1.165) is 17.9 Å². The smallest absolute Gasteiger partial charge is 0.321 e. The Labute approximate surface area is 137 Å². The van der Waals surface area contributed by atoms with E-state index in [-0.39, 0.29) is 6.01 Å². The number of hydrogen-bond donors (Lipinski definition) is 1. The van der Waals surface area contributed by atoms with Crippen LogP contribution in [0, 0.1) is 0 Å². The zero-order valence-corrected chi connectivity index (χ0v) is 13.9. The SMILES string of the molecule is CCCNc1nc(OC)nc(Sc2ccc(Cl)c(Cl)c2)n1. The Hall–Kier alpha value is -1.24. The van der Waals surface area contributed by atoms with Gasteiger partial charge in [-0.1, -0.05) is 30.1 Å². The number of nitrogens with zero attached hydrogens (tertiary/aromatic N) is 3. The molecule has 1 aromatic carbocycles. The van der Waals surface area contributed by atoms with Gasteiger partial charge in [0.15, 0.2) is 0 Å². The molecule has 1 heterocycles. The molecule has 0 aliphatic heterocycles. The van der Waals surface area contributed by atoms with Gasteiger partial charge in [0.05, 0.1) is 17.2 Å². The van der Waals surface area contributed by atoms with E-state index >= 15 is 0 Å². The third-order valence-electron chi connectivity index (χ3n) is 2.41. The van der Waals surface area contributed by atoms with Crippen LogP contribution in [0.25, 0.3) is 0 Å². The fourth-order valence-corrected chi connectivity index (χ4v) is 2.58. The van der Waals surface area contributed by atoms with Gasteiger partial charge in [-0.05, 0) is 36.4 Å². The number of halogens is 2. The quantitative estimate of drug-likeness (QED) is 0.848. The third kappa shape index (κ3) is 4.62. The van der Waals surface area contributed by atoms with E-state index in [1.807, 2.05) is 6.07 Å². The first kappa shape index (κ1) is 16.1. The van der Waals surface area contributed by atoms with Crippen LogP contribution in [0.15, 0.2) is 28.3 Å². The third-order valence-corrected chi connectivity index (χ3v) is 4.00. The molecule has 112 valence electrons. The predicted octanol–water partition coefficient (Wildman–Crippen LogP) is 4.16. The van der Waals surface area contributed by atoms with Gasteiger partial charge in [-0.15, -0.1) is 0 Å². The van der Waals surface area contributed by atoms with Crippen molar-refractivity contribution in [2.24, 2.45) is 0 Å². The molecule has 0 fully saturated rings. The van der Waals surface area contributed by atoms with Crippen molar-refractivity contribution in [3.05, 3.63) is 28.2 Å². The highest BCUT2D eigenvalue weighted by atomic mass is 35.5. The largest absolute Gasteiger partial charge is 0.467 e. The van der Waals surface area contributed by atoms with Gasteiger partial charge in [-0.25, -0.2) is 0 Å². The molecule has 0 atom stereocenters. The van der Waals surface area contributed by atoms with Crippen LogP contribution >= 0.6 is 35.0 Å². The Morgan fingerprint density at radius 3 is 2.67 bits per heavy atom. The molecule has 5 nitrogen and oxygen atoms in total. The number of hydrogen-bond acceptors (Lipinski definition) is 6. The van der Waals surface area contributed by atoms with Gasteiger partial charge in [0.25, 0.3) is 0 Å². The number of nitrogens with one attached hydrogen (secondary N) is 1. The van der Waals surface area contributed by atoms with Crippen LogP contribution < -0.4 is 10.1 Å². The molecule has 21 heavy (non-hydrogen) atoms. The fraction of sp³-hybridized carbons (Fsp3) is 0.308. The minimum Gasteiger partial charge on any atom is -0.467 e. The molecule has 0 unspecified atom stereocenters. The second-order valence-electron chi connectivity index (χ2n) is 4.03. The molecule has 1 N–H and O–H groups in total. The lowest BCUT2D eigenvalue weighted by Gasteiger charge is -2.07. The second-order valence-corrected chi connectivity index (χ2v) is 5.89. The molecule has 0 saturated heterocycles. The van der Waals surface area contributed by atoms with Gasteiger partial charge < -0.3 is 10.1 Å². The molecular formula is C13H14Cl2N4OS. The molecule has 0 radical (unpaired) electrons. The number of rotatable bonds is 6. The van der Waals surface area contributed by atoms with Crippen molar-refractivity contribution >= 4 is 40.9 Å². The maximum absolute atomic E-state index is 6.00. The van der Waals surface area contributed by atoms with Crippen LogP contribution in [-0.4, -0.2) is 28.6 Å². The highest BCUT2D eigenvalue weighted by Crippen LogP contribution is 2.31. The standard InChI is InChI=1S/C13H14Cl2N4OS/c1-3-6-16-11-17-12(20-2)19-13(18-11)21-8-4-5-9(14)10(15)7-8/h4-5,7H,3,6H2,1-2H3,(H,16,17,18,19). The minimum absolute atomic E-state index is 0.270. The van der Waals surface area contributed by atoms with Crippen LogP contribution in [0.1, 0.15) is 13.3 Å². The van der Waals surface area contributed by atoms with Gasteiger partial charge in [-0.3, -0.25) is 0 Å². The lowest BCUT2D eigenvalue weighted by molar-refractivity contribution is 0.373. The summed E-state index contributed by atoms with van der Waals surface area (Å²) >= 11 is 13.3. The summed E-state index contributed by atoms with van der Waals surface area (Å²) in [4.78, 5) is 13.6. The Balaban J connectivity index is 2.23. The summed E-state index contributed by atoms with van der Waals surface area (Å²) in [7, 11) is 1.52. The molecule has 0 saturated carbocycles. The lowest BCUT2D eigenvalue weighted by atomic mass is 10.4. The molecule has 0 aliphatic carbocycles. The van der Waals surface area contributed by atoms with Crippen molar-refractivity contribution in [1.29, 1.82) is 0 Å². The van der Waals surface area contributed by atoms with E-state index in [4.69, 9.17) is 27.9 Å². The maximum Gasteiger partial charge on any atom is 0.321 e. The zero-order chi connectivity index (χ0) is 15.2. The number of aromatic nitrogens is 3. The van der Waals surface area contributed by atoms with Crippen molar-refractivity contribution in [3.8, 4) is 6.01 Å². The molecule has 0 bridgehead atoms. The highest BCUT2D eigenvalue weighted by molar-refractivity contribution is 7.99.